The van der Waals surface area contributed by atoms with E-state index >= 15 is 0 Å². The van der Waals surface area contributed by atoms with Crippen LogP contribution in [0.5, 0.6) is 0 Å². The zero-order chi connectivity index (χ0) is 15.6. The monoisotopic (exact) mass is 314 g/mol. The highest BCUT2D eigenvalue weighted by Gasteiger charge is 2.12. The predicted molar refractivity (Wildman–Crippen MR) is 74.1 cm³/mol. The quantitative estimate of drug-likeness (QED) is 0.634. The van der Waals surface area contributed by atoms with Crippen LogP contribution in [-0.4, -0.2) is 20.5 Å². The first-order chi connectivity index (χ1) is 9.88. The standard InChI is InChI=1S/C12H12F2N4O2S/c1-18-12(16-10(19)11(20)17-18)21-5-9(15)6-2-3-7(13)8(14)4-6/h2-4,9H,5,15H2,1H3,(H,17,20). The van der Waals surface area contributed by atoms with Crippen molar-refractivity contribution in [2.75, 3.05) is 5.75 Å². The number of thioether (sulfide) groups is 1. The summed E-state index contributed by atoms with van der Waals surface area (Å²) in [5.74, 6) is -1.64. The number of aromatic nitrogens is 3. The Morgan fingerprint density at radius 1 is 1.38 bits per heavy atom. The van der Waals surface area contributed by atoms with Gasteiger partial charge in [0.05, 0.1) is 0 Å². The molecule has 6 nitrogen and oxygen atoms in total. The molecule has 112 valence electrons. The second kappa shape index (κ2) is 6.19. The van der Waals surface area contributed by atoms with Crippen LogP contribution in [-0.2, 0) is 7.05 Å². The van der Waals surface area contributed by atoms with Crippen LogP contribution in [0.25, 0.3) is 0 Å². The molecule has 1 aromatic heterocycles. The Bertz CT molecular complexity index is 775. The molecule has 9 heteroatoms. The lowest BCUT2D eigenvalue weighted by Gasteiger charge is -2.12. The number of hydrogen-bond donors (Lipinski definition) is 2. The predicted octanol–water partition coefficient (Wildman–Crippen LogP) is 0.539. The third-order valence-corrected chi connectivity index (χ3v) is 3.86. The molecule has 2 aromatic rings. The number of nitrogens with one attached hydrogen (secondary N) is 1. The SMILES string of the molecule is Cn1[nH]c(=O)c(=O)nc1SCC(N)c1ccc(F)c(F)c1. The number of hydrogen-bond acceptors (Lipinski definition) is 5. The van der Waals surface area contributed by atoms with Gasteiger partial charge in [0.25, 0.3) is 0 Å². The van der Waals surface area contributed by atoms with Gasteiger partial charge >= 0.3 is 11.1 Å². The molecule has 0 aliphatic heterocycles. The van der Waals surface area contributed by atoms with Crippen molar-refractivity contribution in [1.82, 2.24) is 14.8 Å². The molecule has 1 heterocycles. The maximum atomic E-state index is 13.1. The zero-order valence-corrected chi connectivity index (χ0v) is 11.8. The minimum absolute atomic E-state index is 0.275. The number of aryl methyl sites for hydroxylation is 1. The molecule has 2 rings (SSSR count). The van der Waals surface area contributed by atoms with E-state index in [1.807, 2.05) is 0 Å². The zero-order valence-electron chi connectivity index (χ0n) is 11.0. The molecule has 1 aromatic carbocycles. The normalized spacial score (nSPS) is 12.4. The molecule has 1 atom stereocenters. The second-order valence-corrected chi connectivity index (χ2v) is 5.28. The molecule has 0 saturated carbocycles. The molecule has 1 unspecified atom stereocenters. The van der Waals surface area contributed by atoms with Crippen LogP contribution in [0.2, 0.25) is 0 Å². The lowest BCUT2D eigenvalue weighted by molar-refractivity contribution is 0.506. The summed E-state index contributed by atoms with van der Waals surface area (Å²) in [5, 5.41) is 2.58. The highest BCUT2D eigenvalue weighted by Crippen LogP contribution is 2.21. The van der Waals surface area contributed by atoms with Crippen molar-refractivity contribution in [3.8, 4) is 0 Å². The highest BCUT2D eigenvalue weighted by molar-refractivity contribution is 7.99. The fourth-order valence-corrected chi connectivity index (χ4v) is 2.50. The summed E-state index contributed by atoms with van der Waals surface area (Å²) in [6.07, 6.45) is 0. The van der Waals surface area contributed by atoms with Crippen molar-refractivity contribution in [2.45, 2.75) is 11.2 Å². The van der Waals surface area contributed by atoms with E-state index < -0.39 is 28.8 Å². The van der Waals surface area contributed by atoms with Crippen molar-refractivity contribution in [3.05, 3.63) is 56.1 Å². The van der Waals surface area contributed by atoms with Gasteiger partial charge in [0.1, 0.15) is 0 Å². The summed E-state index contributed by atoms with van der Waals surface area (Å²) < 4.78 is 27.3. The summed E-state index contributed by atoms with van der Waals surface area (Å²) in [6, 6.07) is 2.85. The number of benzene rings is 1. The molecule has 0 spiro atoms. The molecule has 3 N–H and O–H groups in total. The molecule has 0 saturated heterocycles. The molecular formula is C12H12F2N4O2S. The molecule has 0 fully saturated rings. The molecule has 0 bridgehead atoms. The molecule has 0 aliphatic carbocycles. The lowest BCUT2D eigenvalue weighted by atomic mass is 10.1. The summed E-state index contributed by atoms with van der Waals surface area (Å²) in [6.45, 7) is 0. The minimum atomic E-state index is -0.970. The first kappa shape index (κ1) is 15.4. The largest absolute Gasteiger partial charge is 0.339 e. The third kappa shape index (κ3) is 3.56. The number of aromatic amines is 1. The van der Waals surface area contributed by atoms with Crippen molar-refractivity contribution in [2.24, 2.45) is 12.8 Å². The first-order valence-electron chi connectivity index (χ1n) is 5.89. The van der Waals surface area contributed by atoms with Gasteiger partial charge in [0.2, 0.25) is 0 Å². The van der Waals surface area contributed by atoms with Gasteiger partial charge in [0, 0.05) is 18.8 Å². The number of nitrogens with two attached hydrogens (primary N) is 1. The van der Waals surface area contributed by atoms with Crippen LogP contribution in [0, 0.1) is 11.6 Å². The van der Waals surface area contributed by atoms with E-state index in [2.05, 4.69) is 10.1 Å². The van der Waals surface area contributed by atoms with Crippen LogP contribution in [0.4, 0.5) is 8.78 Å². The van der Waals surface area contributed by atoms with Gasteiger partial charge in [0.15, 0.2) is 16.8 Å². The van der Waals surface area contributed by atoms with Gasteiger partial charge in [-0.2, -0.15) is 4.98 Å². The maximum Gasteiger partial charge on any atom is 0.339 e. The molecule has 0 amide bonds. The number of rotatable bonds is 4. The fourth-order valence-electron chi connectivity index (χ4n) is 1.59. The summed E-state index contributed by atoms with van der Waals surface area (Å²) in [4.78, 5) is 25.8. The highest BCUT2D eigenvalue weighted by atomic mass is 32.2. The van der Waals surface area contributed by atoms with E-state index in [1.54, 1.807) is 0 Å². The van der Waals surface area contributed by atoms with E-state index in [0.29, 0.717) is 5.56 Å². The first-order valence-corrected chi connectivity index (χ1v) is 6.87. The summed E-state index contributed by atoms with van der Waals surface area (Å²) in [5.41, 5.74) is 4.60. The number of H-pyrrole nitrogens is 1. The molecular weight excluding hydrogens is 302 g/mol. The minimum Gasteiger partial charge on any atom is -0.323 e. The maximum absolute atomic E-state index is 13.1. The van der Waals surface area contributed by atoms with Crippen LogP contribution in [0.1, 0.15) is 11.6 Å². The van der Waals surface area contributed by atoms with E-state index in [1.165, 1.54) is 17.8 Å². The van der Waals surface area contributed by atoms with Crippen LogP contribution < -0.4 is 16.9 Å². The van der Waals surface area contributed by atoms with Crippen molar-refractivity contribution in [1.29, 1.82) is 0 Å². The van der Waals surface area contributed by atoms with Crippen LogP contribution in [0.3, 0.4) is 0 Å². The van der Waals surface area contributed by atoms with Crippen molar-refractivity contribution < 1.29 is 8.78 Å². The van der Waals surface area contributed by atoms with Gasteiger partial charge in [-0.3, -0.25) is 19.4 Å². The number of nitrogens with zero attached hydrogens (tertiary/aromatic N) is 2. The van der Waals surface area contributed by atoms with Gasteiger partial charge in [-0.15, -0.1) is 0 Å². The second-order valence-electron chi connectivity index (χ2n) is 4.29. The van der Waals surface area contributed by atoms with E-state index in [-0.39, 0.29) is 10.9 Å². The number of halogens is 2. The topological polar surface area (TPSA) is 93.8 Å². The van der Waals surface area contributed by atoms with E-state index in [0.717, 1.165) is 23.9 Å². The molecule has 21 heavy (non-hydrogen) atoms. The van der Waals surface area contributed by atoms with Gasteiger partial charge in [-0.25, -0.2) is 8.78 Å². The Kier molecular flexibility index (Phi) is 4.53. The van der Waals surface area contributed by atoms with Crippen LogP contribution in [0.15, 0.2) is 32.9 Å². The Hall–Kier alpha value is -2.00. The molecule has 0 aliphatic rings. The van der Waals surface area contributed by atoms with Gasteiger partial charge in [-0.05, 0) is 17.7 Å². The summed E-state index contributed by atoms with van der Waals surface area (Å²) >= 11 is 1.12. The Balaban J connectivity index is 2.12. The smallest absolute Gasteiger partial charge is 0.323 e. The van der Waals surface area contributed by atoms with Gasteiger partial charge in [-0.1, -0.05) is 17.8 Å². The van der Waals surface area contributed by atoms with Crippen molar-refractivity contribution in [3.63, 3.8) is 0 Å². The fraction of sp³-hybridized carbons (Fsp3) is 0.250. The Morgan fingerprint density at radius 3 is 2.76 bits per heavy atom. The lowest BCUT2D eigenvalue weighted by Crippen LogP contribution is -2.34. The average Bonchev–Trinajstić information content (AvgIpc) is 2.44. The Labute approximate surface area is 122 Å². The Morgan fingerprint density at radius 2 is 2.10 bits per heavy atom. The van der Waals surface area contributed by atoms with Gasteiger partial charge < -0.3 is 5.73 Å². The summed E-state index contributed by atoms with van der Waals surface area (Å²) in [7, 11) is 1.53. The van der Waals surface area contributed by atoms with Crippen molar-refractivity contribution >= 4 is 11.8 Å². The van der Waals surface area contributed by atoms with E-state index in [4.69, 9.17) is 5.73 Å². The van der Waals surface area contributed by atoms with E-state index in [9.17, 15) is 18.4 Å². The average molecular weight is 314 g/mol. The van der Waals surface area contributed by atoms with Crippen LogP contribution >= 0.6 is 11.8 Å². The third-order valence-electron chi connectivity index (χ3n) is 2.71. The molecule has 0 radical (unpaired) electrons.